The van der Waals surface area contributed by atoms with Crippen molar-refractivity contribution in [3.63, 3.8) is 0 Å². The van der Waals surface area contributed by atoms with Crippen LogP contribution in [0.25, 0.3) is 10.2 Å². The molecule has 0 saturated heterocycles. The second-order valence-corrected chi connectivity index (χ2v) is 9.17. The molecule has 3 heterocycles. The predicted molar refractivity (Wildman–Crippen MR) is 114 cm³/mol. The predicted octanol–water partition coefficient (Wildman–Crippen LogP) is 4.44. The highest BCUT2D eigenvalue weighted by atomic mass is 32.2. The molecule has 2 atom stereocenters. The molecule has 3 rings (SSSR count). The Morgan fingerprint density at radius 1 is 1.43 bits per heavy atom. The van der Waals surface area contributed by atoms with Gasteiger partial charge in [0.1, 0.15) is 10.6 Å². The maximum Gasteiger partial charge on any atom is 0.260 e. The van der Waals surface area contributed by atoms with Crippen molar-refractivity contribution in [2.75, 3.05) is 5.75 Å². The number of amides is 1. The minimum atomic E-state index is -0.208. The van der Waals surface area contributed by atoms with Crippen LogP contribution >= 0.6 is 23.1 Å². The Morgan fingerprint density at radius 2 is 2.21 bits per heavy atom. The van der Waals surface area contributed by atoms with E-state index in [1.165, 1.54) is 11.8 Å². The number of thioether (sulfide) groups is 1. The fourth-order valence-electron chi connectivity index (χ4n) is 2.99. The van der Waals surface area contributed by atoms with Gasteiger partial charge >= 0.3 is 0 Å². The Hall–Kier alpha value is -2.06. The summed E-state index contributed by atoms with van der Waals surface area (Å²) in [6.07, 6.45) is 3.53. The first-order chi connectivity index (χ1) is 13.4. The first-order valence-corrected chi connectivity index (χ1v) is 11.2. The fraction of sp³-hybridized carbons (Fsp3) is 0.450. The molecule has 6 nitrogen and oxygen atoms in total. The van der Waals surface area contributed by atoms with Crippen molar-refractivity contribution in [3.8, 4) is 0 Å². The number of fused-ring (bicyclic) bond motifs is 1. The molecule has 2 N–H and O–H groups in total. The van der Waals surface area contributed by atoms with Crippen molar-refractivity contribution in [1.82, 2.24) is 15.3 Å². The molecule has 0 aliphatic heterocycles. The summed E-state index contributed by atoms with van der Waals surface area (Å²) in [5.41, 5.74) is 0.976. The van der Waals surface area contributed by atoms with Gasteiger partial charge in [0.2, 0.25) is 5.91 Å². The van der Waals surface area contributed by atoms with Crippen molar-refractivity contribution in [3.05, 3.63) is 45.0 Å². The molecule has 8 heteroatoms. The molecule has 0 fully saturated rings. The van der Waals surface area contributed by atoms with Crippen LogP contribution in [0.4, 0.5) is 0 Å². The number of rotatable bonds is 8. The third-order valence-electron chi connectivity index (χ3n) is 4.78. The molecular weight excluding hydrogens is 394 g/mol. The highest BCUT2D eigenvalue weighted by Crippen LogP contribution is 2.30. The van der Waals surface area contributed by atoms with Crippen LogP contribution in [0, 0.1) is 12.8 Å². The number of carbonyl (C=O) groups excluding carboxylic acids is 1. The van der Waals surface area contributed by atoms with Gasteiger partial charge in [-0.25, -0.2) is 4.98 Å². The third kappa shape index (κ3) is 4.67. The van der Waals surface area contributed by atoms with Gasteiger partial charge in [0.05, 0.1) is 23.4 Å². The number of nitrogens with one attached hydrogen (secondary N) is 2. The van der Waals surface area contributed by atoms with Crippen LogP contribution in [0.2, 0.25) is 0 Å². The van der Waals surface area contributed by atoms with E-state index in [2.05, 4.69) is 29.1 Å². The number of hydrogen-bond acceptors (Lipinski definition) is 6. The van der Waals surface area contributed by atoms with Crippen LogP contribution < -0.4 is 10.9 Å². The smallest absolute Gasteiger partial charge is 0.260 e. The SMILES string of the molecule is CC[C@H](C)Cc1c(C)sc2nc(SCC(=O)N[C@@H](C)c3ccco3)[nH]c(=O)c12. The van der Waals surface area contributed by atoms with Crippen LogP contribution in [-0.4, -0.2) is 21.6 Å². The van der Waals surface area contributed by atoms with E-state index in [4.69, 9.17) is 4.42 Å². The van der Waals surface area contributed by atoms with Gasteiger partial charge in [-0.15, -0.1) is 11.3 Å². The van der Waals surface area contributed by atoms with Crippen molar-refractivity contribution < 1.29 is 9.21 Å². The number of H-pyrrole nitrogens is 1. The number of thiophene rings is 1. The lowest BCUT2D eigenvalue weighted by Gasteiger charge is -2.11. The van der Waals surface area contributed by atoms with Gasteiger partial charge < -0.3 is 14.7 Å². The Bertz CT molecular complexity index is 1010. The molecule has 0 bridgehead atoms. The van der Waals surface area contributed by atoms with E-state index >= 15 is 0 Å². The number of nitrogens with zero attached hydrogens (tertiary/aromatic N) is 1. The summed E-state index contributed by atoms with van der Waals surface area (Å²) in [5.74, 6) is 1.25. The first-order valence-electron chi connectivity index (χ1n) is 9.36. The maximum atomic E-state index is 12.7. The van der Waals surface area contributed by atoms with Crippen molar-refractivity contribution >= 4 is 39.2 Å². The van der Waals surface area contributed by atoms with E-state index in [1.807, 2.05) is 19.9 Å². The van der Waals surface area contributed by atoms with E-state index in [1.54, 1.807) is 23.7 Å². The van der Waals surface area contributed by atoms with E-state index in [9.17, 15) is 9.59 Å². The normalized spacial score (nSPS) is 13.6. The zero-order valence-corrected chi connectivity index (χ0v) is 18.1. The molecule has 150 valence electrons. The number of furan rings is 1. The van der Waals surface area contributed by atoms with Crippen LogP contribution in [0.3, 0.4) is 0 Å². The molecule has 0 radical (unpaired) electrons. The molecule has 3 aromatic heterocycles. The van der Waals surface area contributed by atoms with E-state index in [0.29, 0.717) is 22.2 Å². The summed E-state index contributed by atoms with van der Waals surface area (Å²) in [6.45, 7) is 8.25. The highest BCUT2D eigenvalue weighted by Gasteiger charge is 2.18. The molecule has 1 amide bonds. The fourth-order valence-corrected chi connectivity index (χ4v) is 4.77. The van der Waals surface area contributed by atoms with Crippen molar-refractivity contribution in [2.45, 2.75) is 51.7 Å². The lowest BCUT2D eigenvalue weighted by molar-refractivity contribution is -0.119. The second-order valence-electron chi connectivity index (χ2n) is 7.00. The monoisotopic (exact) mass is 419 g/mol. The lowest BCUT2D eigenvalue weighted by atomic mass is 9.98. The standard InChI is InChI=1S/C20H25N3O3S2/c1-5-11(2)9-14-13(4)28-19-17(14)18(25)22-20(23-19)27-10-16(24)21-12(3)15-7-6-8-26-15/h6-8,11-12H,5,9-10H2,1-4H3,(H,21,24)(H,22,23,25)/t11-,12-/m0/s1. The summed E-state index contributed by atoms with van der Waals surface area (Å²) in [4.78, 5) is 34.2. The summed E-state index contributed by atoms with van der Waals surface area (Å²) in [6, 6.07) is 3.40. The van der Waals surface area contributed by atoms with Crippen LogP contribution in [0.5, 0.6) is 0 Å². The second kappa shape index (κ2) is 8.96. The molecule has 0 unspecified atom stereocenters. The third-order valence-corrected chi connectivity index (χ3v) is 6.69. The molecule has 28 heavy (non-hydrogen) atoms. The molecule has 0 aliphatic carbocycles. The number of hydrogen-bond donors (Lipinski definition) is 2. The average molecular weight is 420 g/mol. The van der Waals surface area contributed by atoms with Gasteiger partial charge in [0.15, 0.2) is 5.16 Å². The zero-order valence-electron chi connectivity index (χ0n) is 16.5. The van der Waals surface area contributed by atoms with E-state index in [0.717, 1.165) is 28.1 Å². The summed E-state index contributed by atoms with van der Waals surface area (Å²) < 4.78 is 5.29. The minimum Gasteiger partial charge on any atom is -0.467 e. The maximum absolute atomic E-state index is 12.7. The van der Waals surface area contributed by atoms with Gasteiger partial charge in [-0.05, 0) is 43.9 Å². The van der Waals surface area contributed by atoms with Gasteiger partial charge in [0, 0.05) is 4.88 Å². The van der Waals surface area contributed by atoms with Crippen molar-refractivity contribution in [2.24, 2.45) is 5.92 Å². The van der Waals surface area contributed by atoms with Gasteiger partial charge in [-0.2, -0.15) is 0 Å². The summed E-state index contributed by atoms with van der Waals surface area (Å²) >= 11 is 2.77. The average Bonchev–Trinajstić information content (AvgIpc) is 3.29. The topological polar surface area (TPSA) is 88.0 Å². The number of aromatic amines is 1. The van der Waals surface area contributed by atoms with Gasteiger partial charge in [0.25, 0.3) is 5.56 Å². The largest absolute Gasteiger partial charge is 0.467 e. The Kier molecular flexibility index (Phi) is 6.61. The first kappa shape index (κ1) is 20.7. The number of aromatic nitrogens is 2. The van der Waals surface area contributed by atoms with Crippen LogP contribution in [0.15, 0.2) is 32.8 Å². The Morgan fingerprint density at radius 3 is 2.89 bits per heavy atom. The van der Waals surface area contributed by atoms with Gasteiger partial charge in [-0.1, -0.05) is 32.0 Å². The summed E-state index contributed by atoms with van der Waals surface area (Å²) in [7, 11) is 0. The molecule has 0 aliphatic rings. The minimum absolute atomic E-state index is 0.125. The van der Waals surface area contributed by atoms with Crippen molar-refractivity contribution in [1.29, 1.82) is 0 Å². The molecule has 0 saturated carbocycles. The highest BCUT2D eigenvalue weighted by molar-refractivity contribution is 7.99. The van der Waals surface area contributed by atoms with Gasteiger partial charge in [-0.3, -0.25) is 9.59 Å². The molecular formula is C20H25N3O3S2. The Balaban J connectivity index is 1.70. The molecule has 0 aromatic carbocycles. The number of carbonyl (C=O) groups is 1. The zero-order chi connectivity index (χ0) is 20.3. The Labute approximate surface area is 172 Å². The van der Waals surface area contributed by atoms with Crippen LogP contribution in [-0.2, 0) is 11.2 Å². The van der Waals surface area contributed by atoms with E-state index in [-0.39, 0.29) is 23.3 Å². The van der Waals surface area contributed by atoms with Crippen LogP contribution in [0.1, 0.15) is 49.4 Å². The van der Waals surface area contributed by atoms with E-state index < -0.39 is 0 Å². The lowest BCUT2D eigenvalue weighted by Crippen LogP contribution is -2.28. The quantitative estimate of drug-likeness (QED) is 0.416. The number of aryl methyl sites for hydroxylation is 1. The molecule has 3 aromatic rings. The summed E-state index contributed by atoms with van der Waals surface area (Å²) in [5, 5.41) is 4.04. The molecule has 0 spiro atoms.